The van der Waals surface area contributed by atoms with Crippen molar-refractivity contribution in [3.8, 4) is 0 Å². The van der Waals surface area contributed by atoms with Crippen LogP contribution in [-0.2, 0) is 26.5 Å². The Balaban J connectivity index is 0. The minimum atomic E-state index is -0.596. The summed E-state index contributed by atoms with van der Waals surface area (Å²) >= 11 is 0. The van der Waals surface area contributed by atoms with E-state index in [-0.39, 0.29) is 21.7 Å². The first-order valence-corrected chi connectivity index (χ1v) is 3.07. The standard InChI is InChI=1S/C6H14O2.Ti/c1-3-4-5-8-6(2)7;/h6-7H,3-5H2,1-2H3;. The molecule has 0 aromatic carbocycles. The van der Waals surface area contributed by atoms with E-state index in [4.69, 9.17) is 9.84 Å². The molecule has 0 aliphatic heterocycles. The summed E-state index contributed by atoms with van der Waals surface area (Å²) in [6.45, 7) is 4.38. The summed E-state index contributed by atoms with van der Waals surface area (Å²) in [6.07, 6.45) is 1.55. The van der Waals surface area contributed by atoms with Crippen LogP contribution in [0.4, 0.5) is 0 Å². The van der Waals surface area contributed by atoms with Crippen LogP contribution in [0, 0.1) is 0 Å². The first-order valence-electron chi connectivity index (χ1n) is 3.07. The summed E-state index contributed by atoms with van der Waals surface area (Å²) in [7, 11) is 0. The maximum Gasteiger partial charge on any atom is 0.151 e. The summed E-state index contributed by atoms with van der Waals surface area (Å²) < 4.78 is 4.84. The van der Waals surface area contributed by atoms with Crippen molar-refractivity contribution in [2.24, 2.45) is 0 Å². The molecule has 1 unspecified atom stereocenters. The van der Waals surface area contributed by atoms with E-state index in [1.165, 1.54) is 0 Å². The second kappa shape index (κ2) is 8.63. The Labute approximate surface area is 71.5 Å². The molecule has 1 atom stereocenters. The fourth-order valence-corrected chi connectivity index (χ4v) is 0.398. The van der Waals surface area contributed by atoms with Gasteiger partial charge in [0, 0.05) is 28.3 Å². The first-order chi connectivity index (χ1) is 3.77. The van der Waals surface area contributed by atoms with Crippen molar-refractivity contribution in [3.05, 3.63) is 0 Å². The molecule has 0 aromatic rings. The minimum absolute atomic E-state index is 0. The maximum atomic E-state index is 8.56. The molecular formula is C6H14O2Ti. The van der Waals surface area contributed by atoms with E-state index in [0.29, 0.717) is 6.61 Å². The molecule has 0 saturated carbocycles. The summed E-state index contributed by atoms with van der Waals surface area (Å²) in [5.74, 6) is 0. The summed E-state index contributed by atoms with van der Waals surface area (Å²) in [5.41, 5.74) is 0. The van der Waals surface area contributed by atoms with Crippen molar-refractivity contribution in [1.82, 2.24) is 0 Å². The van der Waals surface area contributed by atoms with Gasteiger partial charge < -0.3 is 9.84 Å². The van der Waals surface area contributed by atoms with E-state index >= 15 is 0 Å². The van der Waals surface area contributed by atoms with Crippen molar-refractivity contribution >= 4 is 0 Å². The molecule has 0 rings (SSSR count). The number of rotatable bonds is 4. The average Bonchev–Trinajstić information content (AvgIpc) is 1.66. The van der Waals surface area contributed by atoms with E-state index in [2.05, 4.69) is 6.92 Å². The van der Waals surface area contributed by atoms with E-state index in [9.17, 15) is 0 Å². The van der Waals surface area contributed by atoms with Gasteiger partial charge in [-0.1, -0.05) is 13.3 Å². The van der Waals surface area contributed by atoms with Gasteiger partial charge in [0.2, 0.25) is 0 Å². The quantitative estimate of drug-likeness (QED) is 0.385. The number of aliphatic hydroxyl groups is 1. The van der Waals surface area contributed by atoms with Crippen LogP contribution in [0.15, 0.2) is 0 Å². The molecule has 0 bridgehead atoms. The predicted molar refractivity (Wildman–Crippen MR) is 32.5 cm³/mol. The Morgan fingerprint density at radius 3 is 2.44 bits per heavy atom. The van der Waals surface area contributed by atoms with Crippen LogP contribution in [0.3, 0.4) is 0 Å². The van der Waals surface area contributed by atoms with E-state index < -0.39 is 6.29 Å². The van der Waals surface area contributed by atoms with Crippen LogP contribution >= 0.6 is 0 Å². The van der Waals surface area contributed by atoms with E-state index in [1.807, 2.05) is 0 Å². The smallest absolute Gasteiger partial charge is 0.151 e. The molecule has 0 aliphatic carbocycles. The monoisotopic (exact) mass is 166 g/mol. The molecule has 0 radical (unpaired) electrons. The molecule has 9 heavy (non-hydrogen) atoms. The molecule has 2 nitrogen and oxygen atoms in total. The minimum Gasteiger partial charge on any atom is -0.368 e. The van der Waals surface area contributed by atoms with Gasteiger partial charge in [0.1, 0.15) is 0 Å². The van der Waals surface area contributed by atoms with Crippen LogP contribution < -0.4 is 0 Å². The normalized spacial score (nSPS) is 12.3. The molecule has 54 valence electrons. The summed E-state index contributed by atoms with van der Waals surface area (Å²) in [4.78, 5) is 0. The predicted octanol–water partition coefficient (Wildman–Crippen LogP) is 1.14. The summed E-state index contributed by atoms with van der Waals surface area (Å²) in [5, 5.41) is 8.56. The van der Waals surface area contributed by atoms with Gasteiger partial charge in [0.25, 0.3) is 0 Å². The molecule has 0 fully saturated rings. The third-order valence-corrected chi connectivity index (χ3v) is 0.857. The molecule has 0 aliphatic rings. The molecule has 0 spiro atoms. The molecule has 0 aromatic heterocycles. The zero-order chi connectivity index (χ0) is 6.41. The van der Waals surface area contributed by atoms with Crippen LogP contribution in [-0.4, -0.2) is 18.0 Å². The van der Waals surface area contributed by atoms with Crippen molar-refractivity contribution < 1.29 is 31.6 Å². The second-order valence-corrected chi connectivity index (χ2v) is 1.82. The molecule has 0 amide bonds. The van der Waals surface area contributed by atoms with Gasteiger partial charge in [0.15, 0.2) is 6.29 Å². The van der Waals surface area contributed by atoms with Crippen LogP contribution in [0.1, 0.15) is 26.7 Å². The van der Waals surface area contributed by atoms with Crippen molar-refractivity contribution in [1.29, 1.82) is 0 Å². The molecular weight excluding hydrogens is 152 g/mol. The van der Waals surface area contributed by atoms with Gasteiger partial charge in [-0.2, -0.15) is 0 Å². The number of ether oxygens (including phenoxy) is 1. The first kappa shape index (κ1) is 12.3. The number of hydrogen-bond acceptors (Lipinski definition) is 2. The Kier molecular flexibility index (Phi) is 11.8. The van der Waals surface area contributed by atoms with E-state index in [1.54, 1.807) is 6.92 Å². The van der Waals surface area contributed by atoms with Crippen LogP contribution in [0.2, 0.25) is 0 Å². The topological polar surface area (TPSA) is 29.5 Å². The van der Waals surface area contributed by atoms with Crippen molar-refractivity contribution in [2.45, 2.75) is 33.0 Å². The van der Waals surface area contributed by atoms with Gasteiger partial charge in [-0.05, 0) is 13.3 Å². The second-order valence-electron chi connectivity index (χ2n) is 1.82. The SMILES string of the molecule is CCCCOC(C)O.[Ti]. The fourth-order valence-electron chi connectivity index (χ4n) is 0.398. The zero-order valence-electron chi connectivity index (χ0n) is 6.05. The molecule has 0 saturated heterocycles. The third kappa shape index (κ3) is 12.0. The van der Waals surface area contributed by atoms with Gasteiger partial charge in [0.05, 0.1) is 0 Å². The Morgan fingerprint density at radius 1 is 1.56 bits per heavy atom. The Morgan fingerprint density at radius 2 is 2.11 bits per heavy atom. The van der Waals surface area contributed by atoms with Gasteiger partial charge >= 0.3 is 0 Å². The van der Waals surface area contributed by atoms with Gasteiger partial charge in [-0.25, -0.2) is 0 Å². The molecule has 0 heterocycles. The molecule has 1 N–H and O–H groups in total. The number of unbranched alkanes of at least 4 members (excludes halogenated alkanes) is 1. The van der Waals surface area contributed by atoms with Crippen molar-refractivity contribution in [3.63, 3.8) is 0 Å². The third-order valence-electron chi connectivity index (χ3n) is 0.857. The Bertz CT molecular complexity index is 48.3. The van der Waals surface area contributed by atoms with Gasteiger partial charge in [-0.3, -0.25) is 0 Å². The number of aliphatic hydroxyl groups excluding tert-OH is 1. The average molecular weight is 166 g/mol. The number of hydrogen-bond donors (Lipinski definition) is 1. The van der Waals surface area contributed by atoms with Crippen molar-refractivity contribution in [2.75, 3.05) is 6.61 Å². The van der Waals surface area contributed by atoms with Crippen LogP contribution in [0.5, 0.6) is 0 Å². The summed E-state index contributed by atoms with van der Waals surface area (Å²) in [6, 6.07) is 0. The van der Waals surface area contributed by atoms with E-state index in [0.717, 1.165) is 12.8 Å². The fraction of sp³-hybridized carbons (Fsp3) is 1.00. The Hall–Kier alpha value is 0.634. The van der Waals surface area contributed by atoms with Gasteiger partial charge in [-0.15, -0.1) is 0 Å². The largest absolute Gasteiger partial charge is 0.368 e. The van der Waals surface area contributed by atoms with Crippen LogP contribution in [0.25, 0.3) is 0 Å². The maximum absolute atomic E-state index is 8.56. The molecule has 3 heteroatoms. The zero-order valence-corrected chi connectivity index (χ0v) is 7.62.